The average Bonchev–Trinajstić information content (AvgIpc) is 2.62. The lowest BCUT2D eigenvalue weighted by Gasteiger charge is -2.14. The van der Waals surface area contributed by atoms with Gasteiger partial charge in [-0.2, -0.15) is 0 Å². The summed E-state index contributed by atoms with van der Waals surface area (Å²) in [5.41, 5.74) is 0.800. The summed E-state index contributed by atoms with van der Waals surface area (Å²) in [5, 5.41) is 14.1. The van der Waals surface area contributed by atoms with Crippen LogP contribution in [0.1, 0.15) is 12.0 Å². The maximum absolute atomic E-state index is 11.9. The van der Waals surface area contributed by atoms with Gasteiger partial charge < -0.3 is 15.2 Å². The van der Waals surface area contributed by atoms with Crippen LogP contribution in [0.3, 0.4) is 0 Å². The second-order valence-electron chi connectivity index (χ2n) is 5.53. The van der Waals surface area contributed by atoms with Gasteiger partial charge in [-0.15, -0.1) is 0 Å². The van der Waals surface area contributed by atoms with Crippen molar-refractivity contribution in [3.8, 4) is 5.75 Å². The molecule has 0 aliphatic heterocycles. The second kappa shape index (κ2) is 10.2. The number of amides is 1. The Morgan fingerprint density at radius 1 is 1.04 bits per heavy atom. The van der Waals surface area contributed by atoms with E-state index in [0.717, 1.165) is 5.56 Å². The van der Waals surface area contributed by atoms with E-state index < -0.39 is 6.10 Å². The lowest BCUT2D eigenvalue weighted by Crippen LogP contribution is -2.35. The van der Waals surface area contributed by atoms with Gasteiger partial charge in [0.1, 0.15) is 23.5 Å². The van der Waals surface area contributed by atoms with Gasteiger partial charge in [-0.25, -0.2) is 0 Å². The number of ether oxygens (including phenoxy) is 1. The normalized spacial score (nSPS) is 11.9. The van der Waals surface area contributed by atoms with Gasteiger partial charge in [-0.1, -0.05) is 64.6 Å². The van der Waals surface area contributed by atoms with Crippen molar-refractivity contribution in [2.24, 2.45) is 0 Å². The zero-order valence-electron chi connectivity index (χ0n) is 13.6. The van der Waals surface area contributed by atoms with Gasteiger partial charge in [0.2, 0.25) is 5.91 Å². The predicted molar refractivity (Wildman–Crippen MR) is 106 cm³/mol. The Bertz CT molecular complexity index is 770. The smallest absolute Gasteiger partial charge is 0.220 e. The standard InChI is InChI=1S/C18H17Cl4NO3/c19-13-4-1-3-11(17(13)21)7-8-16(25)23-9-12(24)10-26-15-6-2-5-14(20)18(15)22/h1-6,12,24H,7-10H2,(H,23,25). The Kier molecular flexibility index (Phi) is 8.32. The number of benzene rings is 2. The number of carbonyl (C=O) groups is 1. The summed E-state index contributed by atoms with van der Waals surface area (Å²) in [4.78, 5) is 11.9. The van der Waals surface area contributed by atoms with Crippen LogP contribution in [0.5, 0.6) is 5.75 Å². The fourth-order valence-electron chi connectivity index (χ4n) is 2.15. The van der Waals surface area contributed by atoms with E-state index in [-0.39, 0.29) is 30.5 Å². The first kappa shape index (κ1) is 21.1. The number of carbonyl (C=O) groups excluding carboxylic acids is 1. The molecule has 1 unspecified atom stereocenters. The fraction of sp³-hybridized carbons (Fsp3) is 0.278. The minimum Gasteiger partial charge on any atom is -0.489 e. The Morgan fingerprint density at radius 2 is 1.69 bits per heavy atom. The maximum atomic E-state index is 11.9. The van der Waals surface area contributed by atoms with E-state index in [1.165, 1.54) is 0 Å². The molecule has 2 aromatic carbocycles. The molecule has 140 valence electrons. The van der Waals surface area contributed by atoms with Crippen molar-refractivity contribution in [1.29, 1.82) is 0 Å². The summed E-state index contributed by atoms with van der Waals surface area (Å²) in [5.74, 6) is 0.168. The van der Waals surface area contributed by atoms with Crippen LogP contribution in [-0.2, 0) is 11.2 Å². The van der Waals surface area contributed by atoms with Crippen LogP contribution >= 0.6 is 46.4 Å². The first-order valence-electron chi connectivity index (χ1n) is 7.83. The Hall–Kier alpha value is -1.17. The van der Waals surface area contributed by atoms with Crippen molar-refractivity contribution < 1.29 is 14.6 Å². The molecule has 8 heteroatoms. The van der Waals surface area contributed by atoms with Gasteiger partial charge >= 0.3 is 0 Å². The van der Waals surface area contributed by atoms with Gasteiger partial charge in [0.25, 0.3) is 0 Å². The molecule has 0 radical (unpaired) electrons. The Labute approximate surface area is 172 Å². The average molecular weight is 437 g/mol. The molecule has 0 saturated carbocycles. The Morgan fingerprint density at radius 3 is 2.42 bits per heavy atom. The van der Waals surface area contributed by atoms with E-state index in [1.807, 2.05) is 6.07 Å². The number of aryl methyl sites for hydroxylation is 1. The highest BCUT2D eigenvalue weighted by Crippen LogP contribution is 2.31. The third kappa shape index (κ3) is 6.22. The highest BCUT2D eigenvalue weighted by Gasteiger charge is 2.12. The van der Waals surface area contributed by atoms with Crippen molar-refractivity contribution in [3.63, 3.8) is 0 Å². The third-order valence-electron chi connectivity index (χ3n) is 3.54. The van der Waals surface area contributed by atoms with Gasteiger partial charge in [0.15, 0.2) is 0 Å². The number of rotatable bonds is 8. The molecule has 1 atom stereocenters. The molecule has 2 N–H and O–H groups in total. The van der Waals surface area contributed by atoms with Gasteiger partial charge in [-0.3, -0.25) is 4.79 Å². The van der Waals surface area contributed by atoms with Gasteiger partial charge in [0.05, 0.1) is 15.1 Å². The molecule has 0 spiro atoms. The van der Waals surface area contributed by atoms with Crippen molar-refractivity contribution in [1.82, 2.24) is 5.32 Å². The molecule has 0 aliphatic carbocycles. The number of halogens is 4. The van der Waals surface area contributed by atoms with E-state index in [2.05, 4.69) is 5.32 Å². The van der Waals surface area contributed by atoms with Crippen LogP contribution in [0.15, 0.2) is 36.4 Å². The Balaban J connectivity index is 1.73. The van der Waals surface area contributed by atoms with Gasteiger partial charge in [-0.05, 0) is 30.2 Å². The molecule has 0 aliphatic rings. The number of hydrogen-bond acceptors (Lipinski definition) is 3. The molecular weight excluding hydrogens is 420 g/mol. The first-order chi connectivity index (χ1) is 12.4. The first-order valence-corrected chi connectivity index (χ1v) is 9.34. The minimum absolute atomic E-state index is 0.0273. The molecule has 1 amide bonds. The van der Waals surface area contributed by atoms with Crippen LogP contribution < -0.4 is 10.1 Å². The van der Waals surface area contributed by atoms with E-state index in [9.17, 15) is 9.90 Å². The molecule has 0 heterocycles. The molecule has 2 rings (SSSR count). The highest BCUT2D eigenvalue weighted by molar-refractivity contribution is 6.43. The molecule has 0 bridgehead atoms. The monoisotopic (exact) mass is 435 g/mol. The number of aliphatic hydroxyl groups excluding tert-OH is 1. The van der Waals surface area contributed by atoms with E-state index in [0.29, 0.717) is 27.2 Å². The van der Waals surface area contributed by atoms with E-state index >= 15 is 0 Å². The molecule has 2 aromatic rings. The topological polar surface area (TPSA) is 58.6 Å². The quantitative estimate of drug-likeness (QED) is 0.625. The van der Waals surface area contributed by atoms with Crippen LogP contribution in [0.4, 0.5) is 0 Å². The SMILES string of the molecule is O=C(CCc1cccc(Cl)c1Cl)NCC(O)COc1cccc(Cl)c1Cl. The molecule has 4 nitrogen and oxygen atoms in total. The summed E-state index contributed by atoms with van der Waals surface area (Å²) >= 11 is 23.9. The van der Waals surface area contributed by atoms with Crippen molar-refractivity contribution in [2.75, 3.05) is 13.2 Å². The summed E-state index contributed by atoms with van der Waals surface area (Å²) in [7, 11) is 0. The number of nitrogens with one attached hydrogen (secondary N) is 1. The van der Waals surface area contributed by atoms with Crippen LogP contribution in [0.2, 0.25) is 20.1 Å². The van der Waals surface area contributed by atoms with Crippen LogP contribution in [0.25, 0.3) is 0 Å². The van der Waals surface area contributed by atoms with Gasteiger partial charge in [0, 0.05) is 13.0 Å². The third-order valence-corrected chi connectivity index (χ3v) is 5.19. The molecule has 26 heavy (non-hydrogen) atoms. The zero-order valence-corrected chi connectivity index (χ0v) is 16.7. The molecule has 0 aromatic heterocycles. The van der Waals surface area contributed by atoms with Crippen molar-refractivity contribution in [2.45, 2.75) is 18.9 Å². The van der Waals surface area contributed by atoms with Crippen molar-refractivity contribution in [3.05, 3.63) is 62.1 Å². The van der Waals surface area contributed by atoms with Crippen LogP contribution in [0, 0.1) is 0 Å². The summed E-state index contributed by atoms with van der Waals surface area (Å²) in [6, 6.07) is 10.3. The summed E-state index contributed by atoms with van der Waals surface area (Å²) < 4.78 is 5.42. The minimum atomic E-state index is -0.885. The van der Waals surface area contributed by atoms with E-state index in [1.54, 1.807) is 30.3 Å². The largest absolute Gasteiger partial charge is 0.489 e. The lowest BCUT2D eigenvalue weighted by atomic mass is 10.1. The molecule has 0 fully saturated rings. The predicted octanol–water partition coefficient (Wildman–Crippen LogP) is 4.79. The second-order valence-corrected chi connectivity index (χ2v) is 7.10. The number of aliphatic hydroxyl groups is 1. The maximum Gasteiger partial charge on any atom is 0.220 e. The lowest BCUT2D eigenvalue weighted by molar-refractivity contribution is -0.121. The summed E-state index contributed by atoms with van der Waals surface area (Å²) in [6.07, 6.45) is -0.201. The number of hydrogen-bond donors (Lipinski definition) is 2. The zero-order chi connectivity index (χ0) is 19.1. The van der Waals surface area contributed by atoms with Crippen molar-refractivity contribution >= 4 is 52.3 Å². The molecular formula is C18H17Cl4NO3. The van der Waals surface area contributed by atoms with Crippen LogP contribution in [-0.4, -0.2) is 30.3 Å². The van der Waals surface area contributed by atoms with E-state index in [4.69, 9.17) is 51.1 Å². The highest BCUT2D eigenvalue weighted by atomic mass is 35.5. The summed E-state index contributed by atoms with van der Waals surface area (Å²) in [6.45, 7) is 0.0285. The fourth-order valence-corrected chi connectivity index (χ4v) is 2.91. The molecule has 0 saturated heterocycles.